The van der Waals surface area contributed by atoms with Crippen LogP contribution in [0.1, 0.15) is 22.8 Å². The van der Waals surface area contributed by atoms with E-state index in [4.69, 9.17) is 32.7 Å². The van der Waals surface area contributed by atoms with Gasteiger partial charge in [-0.05, 0) is 43.3 Å². The van der Waals surface area contributed by atoms with Crippen LogP contribution in [-0.4, -0.2) is 19.6 Å². The Morgan fingerprint density at radius 2 is 1.96 bits per heavy atom. The molecule has 0 aromatic heterocycles. The largest absolute Gasteiger partial charge is 0.494 e. The van der Waals surface area contributed by atoms with Crippen LogP contribution < -0.4 is 10.1 Å². The average Bonchev–Trinajstić information content (AvgIpc) is 2.52. The van der Waals surface area contributed by atoms with Crippen molar-refractivity contribution >= 4 is 34.8 Å². The van der Waals surface area contributed by atoms with Crippen LogP contribution in [0.4, 0.5) is 5.69 Å². The number of amides is 1. The number of benzene rings is 2. The van der Waals surface area contributed by atoms with Crippen molar-refractivity contribution in [2.75, 3.05) is 19.0 Å². The lowest BCUT2D eigenvalue weighted by molar-refractivity contribution is 0.102. The van der Waals surface area contributed by atoms with Crippen molar-refractivity contribution in [3.63, 3.8) is 0 Å². The van der Waals surface area contributed by atoms with Gasteiger partial charge in [-0.15, -0.1) is 0 Å². The molecule has 0 aliphatic heterocycles. The number of methoxy groups -OCH3 is 1. The summed E-state index contributed by atoms with van der Waals surface area (Å²) in [6.07, 6.45) is 0. The minimum absolute atomic E-state index is 0.269. The lowest BCUT2D eigenvalue weighted by Crippen LogP contribution is -2.13. The van der Waals surface area contributed by atoms with Gasteiger partial charge in [0.15, 0.2) is 0 Å². The maximum absolute atomic E-state index is 12.4. The highest BCUT2D eigenvalue weighted by Gasteiger charge is 2.12. The summed E-state index contributed by atoms with van der Waals surface area (Å²) >= 11 is 11.9. The zero-order chi connectivity index (χ0) is 16.8. The zero-order valence-corrected chi connectivity index (χ0v) is 14.4. The highest BCUT2D eigenvalue weighted by molar-refractivity contribution is 6.36. The van der Waals surface area contributed by atoms with Crippen LogP contribution in [0.3, 0.4) is 0 Å². The molecule has 0 saturated carbocycles. The maximum Gasteiger partial charge on any atom is 0.255 e. The number of anilines is 1. The molecule has 6 heteroatoms. The third-order valence-corrected chi connectivity index (χ3v) is 3.65. The molecule has 0 spiro atoms. The molecule has 4 nitrogen and oxygen atoms in total. The number of hydrogen-bond donors (Lipinski definition) is 1. The van der Waals surface area contributed by atoms with Crippen molar-refractivity contribution in [3.8, 4) is 5.75 Å². The quantitative estimate of drug-likeness (QED) is 0.811. The summed E-state index contributed by atoms with van der Waals surface area (Å²) < 4.78 is 10.7. The molecule has 2 rings (SSSR count). The molecule has 122 valence electrons. The van der Waals surface area contributed by atoms with Gasteiger partial charge >= 0.3 is 0 Å². The third kappa shape index (κ3) is 4.61. The van der Waals surface area contributed by atoms with Gasteiger partial charge in [-0.1, -0.05) is 23.2 Å². The first kappa shape index (κ1) is 17.6. The molecular weight excluding hydrogens is 337 g/mol. The molecule has 0 aliphatic carbocycles. The fourth-order valence-corrected chi connectivity index (χ4v) is 2.53. The molecule has 1 N–H and O–H groups in total. The van der Waals surface area contributed by atoms with E-state index in [0.29, 0.717) is 40.3 Å². The van der Waals surface area contributed by atoms with E-state index in [1.807, 2.05) is 6.92 Å². The first-order valence-electron chi connectivity index (χ1n) is 7.06. The smallest absolute Gasteiger partial charge is 0.255 e. The van der Waals surface area contributed by atoms with Crippen LogP contribution in [0.5, 0.6) is 5.75 Å². The molecule has 0 saturated heterocycles. The average molecular weight is 354 g/mol. The second-order valence-corrected chi connectivity index (χ2v) is 5.61. The molecule has 0 aliphatic rings. The molecule has 0 heterocycles. The molecule has 0 radical (unpaired) electrons. The Bertz CT molecular complexity index is 704. The minimum Gasteiger partial charge on any atom is -0.494 e. The number of rotatable bonds is 6. The predicted octanol–water partition coefficient (Wildman–Crippen LogP) is 4.79. The van der Waals surface area contributed by atoms with Gasteiger partial charge in [0.2, 0.25) is 0 Å². The topological polar surface area (TPSA) is 47.6 Å². The summed E-state index contributed by atoms with van der Waals surface area (Å²) in [7, 11) is 1.59. The minimum atomic E-state index is -0.269. The maximum atomic E-state index is 12.4. The molecule has 2 aromatic rings. The first-order chi connectivity index (χ1) is 11.0. The van der Waals surface area contributed by atoms with Crippen LogP contribution in [0.15, 0.2) is 36.4 Å². The standard InChI is InChI=1S/C17H17Cl2NO3/c1-3-23-16-7-4-11(8-12(16)10-22-2)17(21)20-15-6-5-13(18)9-14(15)19/h4-9H,3,10H2,1-2H3,(H,20,21). The van der Waals surface area contributed by atoms with Crippen molar-refractivity contribution in [2.24, 2.45) is 0 Å². The summed E-state index contributed by atoms with van der Waals surface area (Å²) in [6, 6.07) is 10.1. The van der Waals surface area contributed by atoms with Gasteiger partial charge in [0.25, 0.3) is 5.91 Å². The molecule has 0 fully saturated rings. The predicted molar refractivity (Wildman–Crippen MR) is 92.7 cm³/mol. The second-order valence-electron chi connectivity index (χ2n) is 4.77. The molecule has 0 atom stereocenters. The van der Waals surface area contributed by atoms with Crippen LogP contribution in [0, 0.1) is 0 Å². The fourth-order valence-electron chi connectivity index (χ4n) is 2.07. The Morgan fingerprint density at radius 1 is 1.17 bits per heavy atom. The number of halogens is 2. The monoisotopic (exact) mass is 353 g/mol. The van der Waals surface area contributed by atoms with E-state index in [1.165, 1.54) is 0 Å². The van der Waals surface area contributed by atoms with Gasteiger partial charge in [0.05, 0.1) is 23.9 Å². The van der Waals surface area contributed by atoms with Gasteiger partial charge in [-0.25, -0.2) is 0 Å². The fraction of sp³-hybridized carbons (Fsp3) is 0.235. The molecule has 23 heavy (non-hydrogen) atoms. The summed E-state index contributed by atoms with van der Waals surface area (Å²) in [6.45, 7) is 2.81. The van der Waals surface area contributed by atoms with Gasteiger partial charge in [-0.2, -0.15) is 0 Å². The van der Waals surface area contributed by atoms with Gasteiger partial charge < -0.3 is 14.8 Å². The highest BCUT2D eigenvalue weighted by atomic mass is 35.5. The SMILES string of the molecule is CCOc1ccc(C(=O)Nc2ccc(Cl)cc2Cl)cc1COC. The first-order valence-corrected chi connectivity index (χ1v) is 7.81. The van der Waals surface area contributed by atoms with Gasteiger partial charge in [0, 0.05) is 23.3 Å². The van der Waals surface area contributed by atoms with E-state index in [1.54, 1.807) is 43.5 Å². The van der Waals surface area contributed by atoms with Crippen molar-refractivity contribution < 1.29 is 14.3 Å². The molecule has 2 aromatic carbocycles. The van der Waals surface area contributed by atoms with Crippen LogP contribution in [0.2, 0.25) is 10.0 Å². The van der Waals surface area contributed by atoms with E-state index >= 15 is 0 Å². The molecular formula is C17H17Cl2NO3. The Labute approximate surface area is 145 Å². The van der Waals surface area contributed by atoms with Crippen LogP contribution in [0.25, 0.3) is 0 Å². The summed E-state index contributed by atoms with van der Waals surface area (Å²) in [4.78, 5) is 12.4. The highest BCUT2D eigenvalue weighted by Crippen LogP contribution is 2.27. The van der Waals surface area contributed by atoms with Crippen molar-refractivity contribution in [2.45, 2.75) is 13.5 Å². The van der Waals surface area contributed by atoms with E-state index in [0.717, 1.165) is 5.56 Å². The Kier molecular flexibility index (Phi) is 6.28. The van der Waals surface area contributed by atoms with E-state index in [2.05, 4.69) is 5.32 Å². The summed E-state index contributed by atoms with van der Waals surface area (Å²) in [5, 5.41) is 3.66. The third-order valence-electron chi connectivity index (χ3n) is 3.10. The summed E-state index contributed by atoms with van der Waals surface area (Å²) in [5.41, 5.74) is 1.80. The van der Waals surface area contributed by atoms with Crippen LogP contribution in [-0.2, 0) is 11.3 Å². The number of carbonyl (C=O) groups is 1. The molecule has 1 amide bonds. The molecule has 0 bridgehead atoms. The van der Waals surface area contributed by atoms with E-state index in [9.17, 15) is 4.79 Å². The number of hydrogen-bond acceptors (Lipinski definition) is 3. The number of carbonyl (C=O) groups excluding carboxylic acids is 1. The van der Waals surface area contributed by atoms with Crippen LogP contribution >= 0.6 is 23.2 Å². The Hall–Kier alpha value is -1.75. The normalized spacial score (nSPS) is 10.4. The van der Waals surface area contributed by atoms with Gasteiger partial charge in [-0.3, -0.25) is 4.79 Å². The number of ether oxygens (including phenoxy) is 2. The Balaban J connectivity index is 2.23. The zero-order valence-electron chi connectivity index (χ0n) is 12.9. The lowest BCUT2D eigenvalue weighted by atomic mass is 10.1. The van der Waals surface area contributed by atoms with Crippen molar-refractivity contribution in [3.05, 3.63) is 57.6 Å². The van der Waals surface area contributed by atoms with E-state index < -0.39 is 0 Å². The summed E-state index contributed by atoms with van der Waals surface area (Å²) in [5.74, 6) is 0.435. The van der Waals surface area contributed by atoms with E-state index in [-0.39, 0.29) is 5.91 Å². The van der Waals surface area contributed by atoms with Gasteiger partial charge in [0.1, 0.15) is 5.75 Å². The number of nitrogens with one attached hydrogen (secondary N) is 1. The van der Waals surface area contributed by atoms with Crippen molar-refractivity contribution in [1.82, 2.24) is 0 Å². The van der Waals surface area contributed by atoms with Crippen molar-refractivity contribution in [1.29, 1.82) is 0 Å². The lowest BCUT2D eigenvalue weighted by Gasteiger charge is -2.12. The Morgan fingerprint density at radius 3 is 2.61 bits per heavy atom. The molecule has 0 unspecified atom stereocenters. The second kappa shape index (κ2) is 8.20.